The average molecular weight is 272 g/mol. The Labute approximate surface area is 119 Å². The lowest BCUT2D eigenvalue weighted by Crippen LogP contribution is -2.34. The van der Waals surface area contributed by atoms with Crippen LogP contribution in [0.1, 0.15) is 40.0 Å². The van der Waals surface area contributed by atoms with Gasteiger partial charge in [0.15, 0.2) is 5.78 Å². The first-order valence-corrected chi connectivity index (χ1v) is 7.16. The first-order chi connectivity index (χ1) is 9.38. The molecule has 0 spiro atoms. The van der Waals surface area contributed by atoms with Crippen LogP contribution in [-0.2, 0) is 9.59 Å². The maximum atomic E-state index is 12.5. The molecule has 106 valence electrons. The minimum Gasteiger partial charge on any atom is -0.292 e. The van der Waals surface area contributed by atoms with E-state index in [0.717, 1.165) is 12.8 Å². The topological polar surface area (TPSA) is 58.5 Å². The van der Waals surface area contributed by atoms with E-state index in [2.05, 4.69) is 24.4 Å². The van der Waals surface area contributed by atoms with E-state index in [1.165, 1.54) is 0 Å². The van der Waals surface area contributed by atoms with E-state index in [1.54, 1.807) is 6.08 Å². The van der Waals surface area contributed by atoms with Crippen LogP contribution in [0, 0.1) is 16.7 Å². The number of carbonyl (C=O) groups is 2. The van der Waals surface area contributed by atoms with E-state index in [9.17, 15) is 9.59 Å². The van der Waals surface area contributed by atoms with Crippen LogP contribution in [0.2, 0.25) is 0 Å². The van der Waals surface area contributed by atoms with Crippen LogP contribution in [0.4, 0.5) is 0 Å². The van der Waals surface area contributed by atoms with E-state index in [0.29, 0.717) is 17.7 Å². The van der Waals surface area contributed by atoms with Gasteiger partial charge >= 0.3 is 0 Å². The molecule has 4 nitrogen and oxygen atoms in total. The van der Waals surface area contributed by atoms with Crippen molar-refractivity contribution in [2.75, 3.05) is 0 Å². The number of allylic oxidation sites excluding steroid dienone is 3. The summed E-state index contributed by atoms with van der Waals surface area (Å²) < 4.78 is 0. The van der Waals surface area contributed by atoms with Crippen LogP contribution in [0.25, 0.3) is 0 Å². The Kier molecular flexibility index (Phi) is 2.75. The van der Waals surface area contributed by atoms with Gasteiger partial charge in [0.05, 0.1) is 0 Å². The van der Waals surface area contributed by atoms with Crippen LogP contribution in [-0.4, -0.2) is 17.4 Å². The monoisotopic (exact) mass is 272 g/mol. The van der Waals surface area contributed by atoms with Gasteiger partial charge in [-0.1, -0.05) is 39.0 Å². The summed E-state index contributed by atoms with van der Waals surface area (Å²) in [7, 11) is 0. The highest BCUT2D eigenvalue weighted by Crippen LogP contribution is 2.62. The van der Waals surface area contributed by atoms with Gasteiger partial charge in [0.2, 0.25) is 0 Å². The van der Waals surface area contributed by atoms with Gasteiger partial charge in [-0.3, -0.25) is 9.59 Å². The molecule has 0 aromatic carbocycles. The van der Waals surface area contributed by atoms with Crippen molar-refractivity contribution in [1.82, 2.24) is 5.43 Å². The summed E-state index contributed by atoms with van der Waals surface area (Å²) in [4.78, 5) is 24.4. The molecule has 20 heavy (non-hydrogen) atoms. The number of amides is 1. The lowest BCUT2D eigenvalue weighted by Gasteiger charge is -2.31. The van der Waals surface area contributed by atoms with E-state index in [1.807, 2.05) is 19.1 Å². The van der Waals surface area contributed by atoms with Crippen molar-refractivity contribution in [3.63, 3.8) is 0 Å². The molecule has 2 saturated carbocycles. The quantitative estimate of drug-likeness (QED) is 0.785. The van der Waals surface area contributed by atoms with Crippen molar-refractivity contribution >= 4 is 17.4 Å². The van der Waals surface area contributed by atoms with Crippen LogP contribution >= 0.6 is 0 Å². The Morgan fingerprint density at radius 3 is 2.70 bits per heavy atom. The third-order valence-corrected chi connectivity index (χ3v) is 5.63. The van der Waals surface area contributed by atoms with Gasteiger partial charge in [-0.2, -0.15) is 5.10 Å². The number of nitrogens with zero attached hydrogens (tertiary/aromatic N) is 1. The Balaban J connectivity index is 1.80. The maximum absolute atomic E-state index is 12.5. The van der Waals surface area contributed by atoms with Crippen LogP contribution in [0.15, 0.2) is 28.9 Å². The van der Waals surface area contributed by atoms with E-state index in [-0.39, 0.29) is 28.4 Å². The highest BCUT2D eigenvalue weighted by molar-refractivity contribution is 6.45. The minimum atomic E-state index is -0.324. The second kappa shape index (κ2) is 4.14. The largest absolute Gasteiger partial charge is 0.292 e. The van der Waals surface area contributed by atoms with Crippen LogP contribution in [0.5, 0.6) is 0 Å². The molecule has 4 heteroatoms. The van der Waals surface area contributed by atoms with Gasteiger partial charge in [0.1, 0.15) is 5.71 Å². The van der Waals surface area contributed by atoms with Crippen molar-refractivity contribution in [2.45, 2.75) is 40.0 Å². The number of hydrazone groups is 1. The van der Waals surface area contributed by atoms with Gasteiger partial charge in [-0.15, -0.1) is 0 Å². The molecule has 1 amide bonds. The Bertz CT molecular complexity index is 583. The molecular weight excluding hydrogens is 252 g/mol. The molecule has 3 aliphatic carbocycles. The highest BCUT2D eigenvalue weighted by Gasteiger charge is 2.65. The second-order valence-corrected chi connectivity index (χ2v) is 6.74. The normalized spacial score (nSPS) is 35.8. The van der Waals surface area contributed by atoms with Crippen molar-refractivity contribution in [3.8, 4) is 0 Å². The van der Waals surface area contributed by atoms with E-state index < -0.39 is 0 Å². The number of Topliss-reactive ketones (excluding diaryl/α,β-unsaturated/α-hetero) is 1. The number of hydrogen-bond donors (Lipinski definition) is 1. The van der Waals surface area contributed by atoms with Gasteiger partial charge < -0.3 is 0 Å². The van der Waals surface area contributed by atoms with E-state index in [4.69, 9.17) is 0 Å². The van der Waals surface area contributed by atoms with Crippen LogP contribution in [0.3, 0.4) is 0 Å². The predicted molar refractivity (Wildman–Crippen MR) is 77.0 cm³/mol. The lowest BCUT2D eigenvalue weighted by molar-refractivity contribution is -0.123. The standard InChI is InChI=1S/C16H20N2O2/c1-15(2)11-8-9-16(15,3)13(19)12(11)17-18-14(20)10-6-4-5-7-10/h4-6,11H,7-9H2,1-3H3,(H,18,20)/b17-12+. The third-order valence-electron chi connectivity index (χ3n) is 5.63. The zero-order chi connectivity index (χ0) is 14.5. The predicted octanol–water partition coefficient (Wildman–Crippen LogP) is 2.37. The smallest absolute Gasteiger partial charge is 0.267 e. The van der Waals surface area contributed by atoms with Gasteiger partial charge in [-0.05, 0) is 24.7 Å². The molecule has 3 aliphatic rings. The van der Waals surface area contributed by atoms with Gasteiger partial charge in [0.25, 0.3) is 5.91 Å². The summed E-state index contributed by atoms with van der Waals surface area (Å²) in [5.74, 6) is 0.0644. The average Bonchev–Trinajstić information content (AvgIpc) is 3.03. The molecule has 0 saturated heterocycles. The lowest BCUT2D eigenvalue weighted by atomic mass is 9.70. The fraction of sp³-hybridized carbons (Fsp3) is 0.562. The molecule has 0 aromatic rings. The summed E-state index contributed by atoms with van der Waals surface area (Å²) in [5, 5.41) is 4.17. The highest BCUT2D eigenvalue weighted by atomic mass is 16.2. The first-order valence-electron chi connectivity index (χ1n) is 7.16. The number of hydrogen-bond acceptors (Lipinski definition) is 3. The molecule has 0 aliphatic heterocycles. The zero-order valence-corrected chi connectivity index (χ0v) is 12.2. The van der Waals surface area contributed by atoms with E-state index >= 15 is 0 Å². The summed E-state index contributed by atoms with van der Waals surface area (Å²) in [6.45, 7) is 6.30. The summed E-state index contributed by atoms with van der Waals surface area (Å²) in [6.07, 6.45) is 8.10. The zero-order valence-electron chi connectivity index (χ0n) is 12.2. The third kappa shape index (κ3) is 1.57. The van der Waals surface area contributed by atoms with Crippen molar-refractivity contribution in [3.05, 3.63) is 23.8 Å². The second-order valence-electron chi connectivity index (χ2n) is 6.74. The molecule has 2 unspecified atom stereocenters. The summed E-state index contributed by atoms with van der Waals surface area (Å²) in [5.41, 5.74) is 3.41. The number of rotatable bonds is 2. The van der Waals surface area contributed by atoms with Crippen molar-refractivity contribution in [2.24, 2.45) is 21.8 Å². The fourth-order valence-electron chi connectivity index (χ4n) is 3.75. The number of fused-ring (bicyclic) bond motifs is 2. The molecule has 2 atom stereocenters. The Morgan fingerprint density at radius 2 is 2.15 bits per heavy atom. The molecule has 0 radical (unpaired) electrons. The molecule has 1 N–H and O–H groups in total. The maximum Gasteiger partial charge on any atom is 0.267 e. The number of nitrogens with one attached hydrogen (secondary N) is 1. The fourth-order valence-corrected chi connectivity index (χ4v) is 3.75. The minimum absolute atomic E-state index is 0.0676. The summed E-state index contributed by atoms with van der Waals surface area (Å²) in [6, 6.07) is 0. The number of ketones is 1. The molecule has 0 heterocycles. The molecular formula is C16H20N2O2. The molecule has 2 bridgehead atoms. The SMILES string of the molecule is CC12CCC(/C(=N\NC(=O)C3=CC=CC3)C1=O)C2(C)C. The summed E-state index contributed by atoms with van der Waals surface area (Å²) >= 11 is 0. The van der Waals surface area contributed by atoms with Gasteiger partial charge in [0, 0.05) is 16.9 Å². The van der Waals surface area contributed by atoms with Gasteiger partial charge in [-0.25, -0.2) is 5.43 Å². The Morgan fingerprint density at radius 1 is 1.40 bits per heavy atom. The van der Waals surface area contributed by atoms with Crippen molar-refractivity contribution in [1.29, 1.82) is 0 Å². The Hall–Kier alpha value is -1.71. The first kappa shape index (κ1) is 13.3. The molecule has 3 rings (SSSR count). The number of carbonyl (C=O) groups excluding carboxylic acids is 2. The van der Waals surface area contributed by atoms with Crippen LogP contribution < -0.4 is 5.43 Å². The molecule has 0 aromatic heterocycles. The van der Waals surface area contributed by atoms with Crippen molar-refractivity contribution < 1.29 is 9.59 Å². The molecule has 2 fully saturated rings.